The van der Waals surface area contributed by atoms with Crippen molar-refractivity contribution in [1.29, 1.82) is 0 Å². The molecule has 1 fully saturated rings. The van der Waals surface area contributed by atoms with Crippen molar-refractivity contribution >= 4 is 11.9 Å². The van der Waals surface area contributed by atoms with Crippen molar-refractivity contribution in [1.82, 2.24) is 14.7 Å². The highest BCUT2D eigenvalue weighted by Gasteiger charge is 2.44. The Morgan fingerprint density at radius 1 is 1.42 bits per heavy atom. The lowest BCUT2D eigenvalue weighted by Gasteiger charge is -2.41. The highest BCUT2D eigenvalue weighted by atomic mass is 16.4. The average molecular weight is 265 g/mol. The van der Waals surface area contributed by atoms with Crippen molar-refractivity contribution in [2.45, 2.75) is 38.6 Å². The molecule has 104 valence electrons. The molecule has 0 aromatic carbocycles. The van der Waals surface area contributed by atoms with E-state index < -0.39 is 11.5 Å². The van der Waals surface area contributed by atoms with Crippen LogP contribution in [0.4, 0.5) is 0 Å². The van der Waals surface area contributed by atoms with E-state index in [4.69, 9.17) is 0 Å². The molecule has 19 heavy (non-hydrogen) atoms. The summed E-state index contributed by atoms with van der Waals surface area (Å²) in [6.45, 7) is 3.91. The molecule has 6 nitrogen and oxygen atoms in total. The normalized spacial score (nSPS) is 23.4. The first kappa shape index (κ1) is 13.6. The molecule has 0 aliphatic carbocycles. The van der Waals surface area contributed by atoms with Crippen LogP contribution in [-0.4, -0.2) is 43.7 Å². The number of aliphatic carboxylic acids is 1. The van der Waals surface area contributed by atoms with Crippen molar-refractivity contribution < 1.29 is 14.7 Å². The molecule has 2 heterocycles. The fourth-order valence-corrected chi connectivity index (χ4v) is 2.52. The summed E-state index contributed by atoms with van der Waals surface area (Å²) >= 11 is 0. The summed E-state index contributed by atoms with van der Waals surface area (Å²) in [4.78, 5) is 25.5. The van der Waals surface area contributed by atoms with Gasteiger partial charge in [0.2, 0.25) is 0 Å². The number of carbonyl (C=O) groups excluding carboxylic acids is 1. The van der Waals surface area contributed by atoms with E-state index in [1.807, 2.05) is 6.92 Å². The topological polar surface area (TPSA) is 75.4 Å². The van der Waals surface area contributed by atoms with Gasteiger partial charge in [-0.25, -0.2) is 4.79 Å². The first-order valence-electron chi connectivity index (χ1n) is 6.42. The summed E-state index contributed by atoms with van der Waals surface area (Å²) in [7, 11) is 1.76. The van der Waals surface area contributed by atoms with Gasteiger partial charge in [-0.1, -0.05) is 0 Å². The molecule has 1 aromatic rings. The third-order valence-corrected chi connectivity index (χ3v) is 4.06. The zero-order valence-electron chi connectivity index (χ0n) is 11.5. The Hall–Kier alpha value is -1.85. The Kier molecular flexibility index (Phi) is 3.34. The molecule has 1 aliphatic heterocycles. The van der Waals surface area contributed by atoms with Gasteiger partial charge in [0.1, 0.15) is 5.54 Å². The Morgan fingerprint density at radius 2 is 2.11 bits per heavy atom. The van der Waals surface area contributed by atoms with Crippen molar-refractivity contribution in [2.24, 2.45) is 7.05 Å². The molecule has 2 rings (SSSR count). The Bertz CT molecular complexity index is 523. The van der Waals surface area contributed by atoms with Gasteiger partial charge in [0.25, 0.3) is 5.91 Å². The number of carbonyl (C=O) groups is 2. The highest BCUT2D eigenvalue weighted by Crippen LogP contribution is 2.30. The number of likely N-dealkylation sites (tertiary alicyclic amines) is 1. The molecule has 1 unspecified atom stereocenters. The van der Waals surface area contributed by atoms with Crippen LogP contribution in [0.5, 0.6) is 0 Å². The maximum Gasteiger partial charge on any atom is 0.329 e. The number of aromatic nitrogens is 2. The van der Waals surface area contributed by atoms with Gasteiger partial charge in [-0.2, -0.15) is 5.10 Å². The quantitative estimate of drug-likeness (QED) is 0.871. The first-order valence-corrected chi connectivity index (χ1v) is 6.42. The minimum Gasteiger partial charge on any atom is -0.480 e. The second-order valence-corrected chi connectivity index (χ2v) is 5.26. The third kappa shape index (κ3) is 2.11. The molecule has 1 amide bonds. The third-order valence-electron chi connectivity index (χ3n) is 4.06. The molecular weight excluding hydrogens is 246 g/mol. The maximum atomic E-state index is 12.6. The highest BCUT2D eigenvalue weighted by molar-refractivity contribution is 5.98. The predicted molar refractivity (Wildman–Crippen MR) is 68.9 cm³/mol. The van der Waals surface area contributed by atoms with E-state index in [0.717, 1.165) is 18.5 Å². The molecule has 6 heteroatoms. The van der Waals surface area contributed by atoms with Crippen LogP contribution in [0.15, 0.2) is 6.20 Å². The van der Waals surface area contributed by atoms with E-state index in [1.165, 1.54) is 11.1 Å². The van der Waals surface area contributed by atoms with E-state index in [9.17, 15) is 14.7 Å². The van der Waals surface area contributed by atoms with Gasteiger partial charge in [-0.3, -0.25) is 9.48 Å². The number of hydrogen-bond acceptors (Lipinski definition) is 3. The van der Waals surface area contributed by atoms with Crippen LogP contribution in [0.1, 0.15) is 42.2 Å². The van der Waals surface area contributed by atoms with Crippen LogP contribution in [0.3, 0.4) is 0 Å². The molecule has 0 saturated carbocycles. The summed E-state index contributed by atoms with van der Waals surface area (Å²) in [5.74, 6) is -1.18. The second kappa shape index (κ2) is 4.68. The Balaban J connectivity index is 2.36. The van der Waals surface area contributed by atoms with Crippen LogP contribution < -0.4 is 0 Å². The number of aryl methyl sites for hydroxylation is 1. The lowest BCUT2D eigenvalue weighted by Crippen LogP contribution is -2.57. The fraction of sp³-hybridized carbons (Fsp3) is 0.615. The van der Waals surface area contributed by atoms with Crippen molar-refractivity contribution in [3.63, 3.8) is 0 Å². The van der Waals surface area contributed by atoms with Gasteiger partial charge in [0, 0.05) is 19.3 Å². The van der Waals surface area contributed by atoms with Crippen LogP contribution in [-0.2, 0) is 11.8 Å². The van der Waals surface area contributed by atoms with Crippen LogP contribution in [0, 0.1) is 6.92 Å². The van der Waals surface area contributed by atoms with Gasteiger partial charge in [0.15, 0.2) is 0 Å². The largest absolute Gasteiger partial charge is 0.480 e. The van der Waals surface area contributed by atoms with Gasteiger partial charge in [-0.05, 0) is 33.1 Å². The standard InChI is InChI=1S/C13H19N3O3/c1-9-10(8-14-15(9)3)11(17)16-7-5-4-6-13(16,2)12(18)19/h8H,4-7H2,1-3H3,(H,18,19). The van der Waals surface area contributed by atoms with E-state index >= 15 is 0 Å². The molecule has 0 bridgehead atoms. The SMILES string of the molecule is Cc1c(C(=O)N2CCCCC2(C)C(=O)O)cnn1C. The molecule has 1 aliphatic rings. The summed E-state index contributed by atoms with van der Waals surface area (Å²) in [6, 6.07) is 0. The molecule has 0 radical (unpaired) electrons. The first-order chi connectivity index (χ1) is 8.88. The number of carboxylic acid groups (broad SMARTS) is 1. The zero-order valence-corrected chi connectivity index (χ0v) is 11.5. The van der Waals surface area contributed by atoms with E-state index in [0.29, 0.717) is 18.5 Å². The summed E-state index contributed by atoms with van der Waals surface area (Å²) in [5.41, 5.74) is 0.123. The van der Waals surface area contributed by atoms with Crippen LogP contribution in [0.25, 0.3) is 0 Å². The summed E-state index contributed by atoms with van der Waals surface area (Å²) < 4.78 is 1.62. The molecule has 0 spiro atoms. The number of hydrogen-bond donors (Lipinski definition) is 1. The number of carboxylic acids is 1. The van der Waals surface area contributed by atoms with E-state index in [-0.39, 0.29) is 5.91 Å². The predicted octanol–water partition coefficient (Wildman–Crippen LogP) is 1.20. The number of nitrogens with zero attached hydrogens (tertiary/aromatic N) is 3. The van der Waals surface area contributed by atoms with Crippen LogP contribution >= 0.6 is 0 Å². The van der Waals surface area contributed by atoms with Crippen LogP contribution in [0.2, 0.25) is 0 Å². The minimum atomic E-state index is -1.11. The van der Waals surface area contributed by atoms with Crippen molar-refractivity contribution in [2.75, 3.05) is 6.54 Å². The molecule has 1 N–H and O–H groups in total. The molecule has 1 saturated heterocycles. The number of piperidine rings is 1. The van der Waals surface area contributed by atoms with E-state index in [1.54, 1.807) is 18.7 Å². The van der Waals surface area contributed by atoms with Gasteiger partial charge < -0.3 is 10.0 Å². The monoisotopic (exact) mass is 265 g/mol. The van der Waals surface area contributed by atoms with Gasteiger partial charge in [0.05, 0.1) is 11.8 Å². The minimum absolute atomic E-state index is 0.241. The number of rotatable bonds is 2. The Morgan fingerprint density at radius 3 is 2.63 bits per heavy atom. The van der Waals surface area contributed by atoms with Crippen molar-refractivity contribution in [3.05, 3.63) is 17.5 Å². The molecular formula is C13H19N3O3. The Labute approximate surface area is 112 Å². The van der Waals surface area contributed by atoms with Crippen molar-refractivity contribution in [3.8, 4) is 0 Å². The van der Waals surface area contributed by atoms with Gasteiger partial charge >= 0.3 is 5.97 Å². The van der Waals surface area contributed by atoms with Gasteiger partial charge in [-0.15, -0.1) is 0 Å². The van der Waals surface area contributed by atoms with E-state index in [2.05, 4.69) is 5.10 Å². The molecule has 1 aromatic heterocycles. The fourth-order valence-electron chi connectivity index (χ4n) is 2.52. The maximum absolute atomic E-state index is 12.6. The average Bonchev–Trinajstić information content (AvgIpc) is 2.70. The lowest BCUT2D eigenvalue weighted by molar-refractivity contribution is -0.150. The number of amides is 1. The second-order valence-electron chi connectivity index (χ2n) is 5.26. The summed E-state index contributed by atoms with van der Waals surface area (Å²) in [5, 5.41) is 13.5. The zero-order chi connectivity index (χ0) is 14.2. The lowest BCUT2D eigenvalue weighted by atomic mass is 9.88. The smallest absolute Gasteiger partial charge is 0.329 e. The molecule has 1 atom stereocenters. The summed E-state index contributed by atoms with van der Waals surface area (Å²) in [6.07, 6.45) is 3.68.